The minimum Gasteiger partial charge on any atom is -0.457 e. The van der Waals surface area contributed by atoms with Crippen molar-refractivity contribution < 1.29 is 52.3 Å². The van der Waals surface area contributed by atoms with E-state index in [-0.39, 0.29) is 45.2 Å². The molecule has 0 aliphatic carbocycles. The highest BCUT2D eigenvalue weighted by molar-refractivity contribution is 6.12. The molecule has 1 N–H and O–H groups in total. The minimum absolute atomic E-state index is 0.0110. The Morgan fingerprint density at radius 1 is 0.731 bits per heavy atom. The zero-order valence-corrected chi connectivity index (χ0v) is 37.8. The Morgan fingerprint density at radius 3 is 1.96 bits per heavy atom. The second kappa shape index (κ2) is 23.0. The lowest BCUT2D eigenvalue weighted by molar-refractivity contribution is -0.319. The summed E-state index contributed by atoms with van der Waals surface area (Å²) in [5.41, 5.74) is 6.18. The van der Waals surface area contributed by atoms with E-state index in [0.29, 0.717) is 30.6 Å². The Morgan fingerprint density at radius 2 is 1.34 bits per heavy atom. The topological polar surface area (TPSA) is 143 Å². The van der Waals surface area contributed by atoms with Crippen molar-refractivity contribution in [1.29, 1.82) is 0 Å². The van der Waals surface area contributed by atoms with Gasteiger partial charge >= 0.3 is 6.09 Å². The van der Waals surface area contributed by atoms with E-state index in [1.807, 2.05) is 153 Å². The molecular formula is C55H57NO11. The summed E-state index contributed by atoms with van der Waals surface area (Å²) in [4.78, 5) is 43.8. The van der Waals surface area contributed by atoms with Crippen LogP contribution in [0.1, 0.15) is 50.6 Å². The third-order valence-corrected chi connectivity index (χ3v) is 12.2. The number of Topliss-reactive ketones (excluding diaryl/α,β-unsaturated/α-hetero) is 1. The summed E-state index contributed by atoms with van der Waals surface area (Å²) in [7, 11) is 1.52. The predicted molar refractivity (Wildman–Crippen MR) is 250 cm³/mol. The number of carbonyl (C=O) groups is 3. The number of nitrogens with zero attached hydrogens (tertiary/aromatic N) is 1. The SMILES string of the molecule is CO[C@H]1O[C@H](CO)[C@@H](OCc2ccccc2)[C@H](OCc2ccccc2)[C@@H]1OCCCc1oc(C(=O)[C@H](Cc2ccccc2)C(=O)N2C(=O)OC[C@H]2Cc2ccccc2)cc1-c1cccc(C)c1. The van der Waals surface area contributed by atoms with Crippen LogP contribution in [0.5, 0.6) is 0 Å². The van der Waals surface area contributed by atoms with Gasteiger partial charge in [0.1, 0.15) is 42.7 Å². The number of methoxy groups -OCH3 is 1. The number of aryl methyl sites for hydroxylation is 2. The number of hydrogen-bond acceptors (Lipinski definition) is 11. The van der Waals surface area contributed by atoms with E-state index in [1.165, 1.54) is 7.11 Å². The largest absolute Gasteiger partial charge is 0.457 e. The molecular weight excluding hydrogens is 851 g/mol. The Kier molecular flexibility index (Phi) is 16.2. The monoisotopic (exact) mass is 907 g/mol. The second-order valence-corrected chi connectivity index (χ2v) is 17.0. The first kappa shape index (κ1) is 47.3. The van der Waals surface area contributed by atoms with Gasteiger partial charge in [0.05, 0.1) is 25.9 Å². The molecule has 1 aromatic heterocycles. The van der Waals surface area contributed by atoms with E-state index >= 15 is 0 Å². The highest BCUT2D eigenvalue weighted by atomic mass is 16.7. The fourth-order valence-electron chi connectivity index (χ4n) is 8.81. The number of carbonyl (C=O) groups excluding carboxylic acids is 3. The molecule has 5 aromatic carbocycles. The molecule has 7 atom stereocenters. The van der Waals surface area contributed by atoms with Crippen LogP contribution < -0.4 is 0 Å². The summed E-state index contributed by atoms with van der Waals surface area (Å²) < 4.78 is 43.7. The van der Waals surface area contributed by atoms with Crippen LogP contribution in [0.3, 0.4) is 0 Å². The fraction of sp³-hybridized carbons (Fsp3) is 0.327. The molecule has 2 fully saturated rings. The van der Waals surface area contributed by atoms with Gasteiger partial charge in [-0.1, -0.05) is 151 Å². The van der Waals surface area contributed by atoms with Gasteiger partial charge in [0.25, 0.3) is 0 Å². The van der Waals surface area contributed by atoms with Gasteiger partial charge in [0.15, 0.2) is 12.1 Å². The molecule has 12 nitrogen and oxygen atoms in total. The Hall–Kier alpha value is -6.25. The molecule has 0 saturated carbocycles. The van der Waals surface area contributed by atoms with Gasteiger partial charge in [-0.3, -0.25) is 9.59 Å². The van der Waals surface area contributed by atoms with Gasteiger partial charge in [-0.25, -0.2) is 9.69 Å². The lowest BCUT2D eigenvalue weighted by atomic mass is 9.91. The van der Waals surface area contributed by atoms with Crippen LogP contribution in [0.15, 0.2) is 156 Å². The highest BCUT2D eigenvalue weighted by Crippen LogP contribution is 2.34. The number of hydrogen-bond donors (Lipinski definition) is 1. The molecule has 12 heteroatoms. The normalized spacial score (nSPS) is 20.9. The lowest BCUT2D eigenvalue weighted by Crippen LogP contribution is -2.61. The van der Waals surface area contributed by atoms with E-state index in [2.05, 4.69) is 0 Å². The Labute approximate surface area is 391 Å². The second-order valence-electron chi connectivity index (χ2n) is 17.0. The molecule has 0 unspecified atom stereocenters. The summed E-state index contributed by atoms with van der Waals surface area (Å²) in [6.45, 7) is 2.42. The standard InChI is InChI=1S/C55H57NO11/c1-37-17-15-26-42(29-37)44-32-47(49(58)45(31-39-20-9-4-10-21-39)53(59)56-43(36-65-55(56)60)30-38-18-7-3-8-19-38)66-46(44)27-16-28-62-52-51(64-35-41-24-13-6-14-25-41)50(48(33-57)67-54(52)61-2)63-34-40-22-11-5-12-23-40/h3-15,17-26,29,32,43,45,48,50-52,54,57H,16,27-28,30-31,33-36H2,1-2H3/t43-,45+,48-,50-,51+,52+,54+/m1/s1. The number of cyclic esters (lactones) is 1. The maximum Gasteiger partial charge on any atom is 0.417 e. The van der Waals surface area contributed by atoms with Crippen molar-refractivity contribution in [3.63, 3.8) is 0 Å². The number of rotatable bonds is 21. The quantitative estimate of drug-likeness (QED) is 0.0421. The number of aliphatic hydroxyl groups is 1. The number of benzene rings is 5. The Bertz CT molecular complexity index is 2520. The average molecular weight is 908 g/mol. The van der Waals surface area contributed by atoms with Crippen LogP contribution in [0.4, 0.5) is 4.79 Å². The molecule has 67 heavy (non-hydrogen) atoms. The summed E-state index contributed by atoms with van der Waals surface area (Å²) >= 11 is 0. The first-order chi connectivity index (χ1) is 32.8. The fourth-order valence-corrected chi connectivity index (χ4v) is 8.81. The van der Waals surface area contributed by atoms with Crippen molar-refractivity contribution in [1.82, 2.24) is 4.90 Å². The number of ketones is 1. The lowest BCUT2D eigenvalue weighted by Gasteiger charge is -2.45. The zero-order valence-electron chi connectivity index (χ0n) is 37.8. The van der Waals surface area contributed by atoms with E-state index in [1.54, 1.807) is 6.07 Å². The summed E-state index contributed by atoms with van der Waals surface area (Å²) in [6.07, 6.45) is -3.33. The molecule has 2 saturated heterocycles. The molecule has 348 valence electrons. The number of ether oxygens (including phenoxy) is 6. The van der Waals surface area contributed by atoms with E-state index in [0.717, 1.165) is 38.3 Å². The summed E-state index contributed by atoms with van der Waals surface area (Å²) in [6, 6.07) is 47.4. The molecule has 8 rings (SSSR count). The van der Waals surface area contributed by atoms with E-state index in [9.17, 15) is 19.5 Å². The number of imide groups is 1. The van der Waals surface area contributed by atoms with Crippen molar-refractivity contribution >= 4 is 17.8 Å². The smallest absolute Gasteiger partial charge is 0.417 e. The third kappa shape index (κ3) is 11.8. The molecule has 3 heterocycles. The van der Waals surface area contributed by atoms with Crippen LogP contribution in [0.25, 0.3) is 11.1 Å². The molecule has 0 spiro atoms. The van der Waals surface area contributed by atoms with E-state index < -0.39 is 60.4 Å². The van der Waals surface area contributed by atoms with Gasteiger partial charge < -0.3 is 37.9 Å². The van der Waals surface area contributed by atoms with Crippen molar-refractivity contribution in [3.05, 3.63) is 191 Å². The average Bonchev–Trinajstić information content (AvgIpc) is 3.96. The number of aliphatic hydroxyl groups excluding tert-OH is 1. The van der Waals surface area contributed by atoms with Gasteiger partial charge in [0, 0.05) is 25.7 Å². The zero-order chi connectivity index (χ0) is 46.5. The summed E-state index contributed by atoms with van der Waals surface area (Å²) in [5, 5.41) is 10.5. The van der Waals surface area contributed by atoms with Crippen molar-refractivity contribution in [2.45, 2.75) is 82.6 Å². The van der Waals surface area contributed by atoms with Crippen LogP contribution in [-0.2, 0) is 65.7 Å². The van der Waals surface area contributed by atoms with Gasteiger partial charge in [0.2, 0.25) is 11.7 Å². The molecule has 2 aliphatic heterocycles. The van der Waals surface area contributed by atoms with Crippen molar-refractivity contribution in [2.75, 3.05) is 26.9 Å². The number of amides is 2. The molecule has 0 radical (unpaired) electrons. The van der Waals surface area contributed by atoms with Crippen LogP contribution >= 0.6 is 0 Å². The van der Waals surface area contributed by atoms with Crippen LogP contribution in [-0.4, -0.2) is 91.5 Å². The van der Waals surface area contributed by atoms with Gasteiger partial charge in [-0.05, 0) is 60.1 Å². The number of furan rings is 1. The highest BCUT2D eigenvalue weighted by Gasteiger charge is 2.49. The first-order valence-corrected chi connectivity index (χ1v) is 22.8. The minimum atomic E-state index is -1.27. The predicted octanol–water partition coefficient (Wildman–Crippen LogP) is 8.74. The third-order valence-electron chi connectivity index (χ3n) is 12.2. The van der Waals surface area contributed by atoms with Crippen molar-refractivity contribution in [3.8, 4) is 11.1 Å². The Balaban J connectivity index is 1.04. The molecule has 6 aromatic rings. The maximum atomic E-state index is 14.8. The van der Waals surface area contributed by atoms with E-state index in [4.69, 9.17) is 32.8 Å². The van der Waals surface area contributed by atoms with Crippen LogP contribution in [0.2, 0.25) is 0 Å². The molecule has 2 amide bonds. The summed E-state index contributed by atoms with van der Waals surface area (Å²) in [5.74, 6) is -1.90. The maximum absolute atomic E-state index is 14.8. The van der Waals surface area contributed by atoms with Crippen molar-refractivity contribution in [2.24, 2.45) is 5.92 Å². The first-order valence-electron chi connectivity index (χ1n) is 22.8. The van der Waals surface area contributed by atoms with Gasteiger partial charge in [-0.2, -0.15) is 0 Å². The van der Waals surface area contributed by atoms with Crippen LogP contribution in [0, 0.1) is 12.8 Å². The molecule has 2 aliphatic rings. The van der Waals surface area contributed by atoms with Gasteiger partial charge in [-0.15, -0.1) is 0 Å². The molecule has 0 bridgehead atoms.